The summed E-state index contributed by atoms with van der Waals surface area (Å²) < 4.78 is 0.950. The smallest absolute Gasteiger partial charge is 0.307 e. The standard InChI is InChI=1S/C24H21ClN4O2S.C4H10O.C2H7N/c1-14-12-19-22(21(17(14)13-20(30)31)15-4-6-16(25)7-5-15)32-23(27-19)18-8-9-26-24(28-18)29-10-2-3-11-29;1-4(2,3)5;1-3-2/h4-9,12H,2-3,10-11,13H2,1H3,(H,30,31);5H,1-3H3;3H,1-2H3. The number of anilines is 1. The Morgan fingerprint density at radius 2 is 1.70 bits per heavy atom. The van der Waals surface area contributed by atoms with E-state index in [0.29, 0.717) is 5.02 Å². The summed E-state index contributed by atoms with van der Waals surface area (Å²) in [7, 11) is 3.75. The summed E-state index contributed by atoms with van der Waals surface area (Å²) in [6.07, 6.45) is 4.04. The Morgan fingerprint density at radius 3 is 2.27 bits per heavy atom. The highest BCUT2D eigenvalue weighted by Crippen LogP contribution is 2.41. The summed E-state index contributed by atoms with van der Waals surface area (Å²) in [5, 5.41) is 22.2. The Morgan fingerprint density at radius 1 is 1.10 bits per heavy atom. The molecule has 1 fully saturated rings. The Hall–Kier alpha value is -3.11. The van der Waals surface area contributed by atoms with Crippen LogP contribution < -0.4 is 10.2 Å². The minimum Gasteiger partial charge on any atom is -0.481 e. The molecule has 0 aliphatic carbocycles. The van der Waals surface area contributed by atoms with Crippen molar-refractivity contribution in [1.82, 2.24) is 20.3 Å². The molecule has 0 saturated carbocycles. The lowest BCUT2D eigenvalue weighted by atomic mass is 9.93. The Balaban J connectivity index is 0.000000490. The lowest BCUT2D eigenvalue weighted by Crippen LogP contribution is -2.20. The number of aryl methyl sites for hydroxylation is 1. The minimum atomic E-state index is -0.863. The van der Waals surface area contributed by atoms with Crippen molar-refractivity contribution in [2.75, 3.05) is 32.1 Å². The van der Waals surface area contributed by atoms with Crippen molar-refractivity contribution in [3.63, 3.8) is 0 Å². The highest BCUT2D eigenvalue weighted by molar-refractivity contribution is 7.22. The number of carboxylic acid groups (broad SMARTS) is 1. The summed E-state index contributed by atoms with van der Waals surface area (Å²) in [6, 6.07) is 11.4. The molecule has 4 aromatic rings. The number of nitrogens with one attached hydrogen (secondary N) is 1. The number of thiazole rings is 1. The fourth-order valence-corrected chi connectivity index (χ4v) is 5.42. The summed E-state index contributed by atoms with van der Waals surface area (Å²) in [5.74, 6) is -0.126. The molecule has 214 valence electrons. The van der Waals surface area contributed by atoms with E-state index < -0.39 is 11.6 Å². The molecule has 0 unspecified atom stereocenters. The number of rotatable bonds is 5. The molecule has 0 spiro atoms. The number of aliphatic hydroxyl groups is 1. The maximum absolute atomic E-state index is 11.6. The van der Waals surface area contributed by atoms with Gasteiger partial charge in [0.15, 0.2) is 0 Å². The molecule has 0 amide bonds. The van der Waals surface area contributed by atoms with Crippen LogP contribution in [0.15, 0.2) is 42.6 Å². The fourth-order valence-electron chi connectivity index (χ4n) is 4.18. The van der Waals surface area contributed by atoms with E-state index in [9.17, 15) is 9.90 Å². The van der Waals surface area contributed by atoms with Gasteiger partial charge in [-0.2, -0.15) is 0 Å². The van der Waals surface area contributed by atoms with Crippen LogP contribution in [0.5, 0.6) is 0 Å². The molecule has 1 aliphatic heterocycles. The second-order valence-electron chi connectivity index (χ2n) is 10.6. The number of aromatic nitrogens is 3. The number of carboxylic acids is 1. The van der Waals surface area contributed by atoms with Crippen molar-refractivity contribution in [3.8, 4) is 21.8 Å². The van der Waals surface area contributed by atoms with Crippen LogP contribution >= 0.6 is 22.9 Å². The molecule has 3 N–H and O–H groups in total. The van der Waals surface area contributed by atoms with Gasteiger partial charge in [-0.25, -0.2) is 15.0 Å². The second-order valence-corrected chi connectivity index (χ2v) is 12.0. The quantitative estimate of drug-likeness (QED) is 0.254. The zero-order valence-electron chi connectivity index (χ0n) is 24.0. The van der Waals surface area contributed by atoms with Gasteiger partial charge in [0.25, 0.3) is 0 Å². The number of nitrogens with zero attached hydrogens (tertiary/aromatic N) is 4. The third-order valence-electron chi connectivity index (χ3n) is 5.72. The van der Waals surface area contributed by atoms with Crippen molar-refractivity contribution in [2.24, 2.45) is 0 Å². The normalized spacial score (nSPS) is 12.9. The molecule has 10 heteroatoms. The molecule has 2 aromatic heterocycles. The predicted molar refractivity (Wildman–Crippen MR) is 166 cm³/mol. The molecule has 1 aliphatic rings. The number of aliphatic carboxylic acids is 1. The summed E-state index contributed by atoms with van der Waals surface area (Å²) >= 11 is 7.63. The highest BCUT2D eigenvalue weighted by Gasteiger charge is 2.21. The van der Waals surface area contributed by atoms with E-state index in [1.165, 1.54) is 11.3 Å². The van der Waals surface area contributed by atoms with Gasteiger partial charge in [-0.3, -0.25) is 4.79 Å². The lowest BCUT2D eigenvalue weighted by Gasteiger charge is -2.14. The van der Waals surface area contributed by atoms with Gasteiger partial charge in [-0.05, 0) is 95.6 Å². The number of carbonyl (C=O) groups is 1. The molecule has 2 aromatic carbocycles. The highest BCUT2D eigenvalue weighted by atomic mass is 35.5. The van der Waals surface area contributed by atoms with Gasteiger partial charge in [-0.1, -0.05) is 23.7 Å². The first-order valence-corrected chi connectivity index (χ1v) is 14.4. The summed E-state index contributed by atoms with van der Waals surface area (Å²) in [4.78, 5) is 27.9. The zero-order valence-corrected chi connectivity index (χ0v) is 25.5. The lowest BCUT2D eigenvalue weighted by molar-refractivity contribution is -0.136. The Bertz CT molecular complexity index is 1420. The zero-order chi connectivity index (χ0) is 29.4. The first-order valence-electron chi connectivity index (χ1n) is 13.2. The van der Waals surface area contributed by atoms with Crippen molar-refractivity contribution < 1.29 is 15.0 Å². The third kappa shape index (κ3) is 8.69. The van der Waals surface area contributed by atoms with Crippen molar-refractivity contribution in [2.45, 2.75) is 52.6 Å². The monoisotopic (exact) mass is 583 g/mol. The SMILES string of the molecule is CC(C)(C)O.CNC.Cc1cc2nc(-c3ccnc(N4CCCC4)n3)sc2c(-c2ccc(Cl)cc2)c1CC(=O)O. The maximum atomic E-state index is 11.6. The van der Waals surface area contributed by atoms with Gasteiger partial charge in [-0.15, -0.1) is 11.3 Å². The van der Waals surface area contributed by atoms with Gasteiger partial charge in [0.05, 0.1) is 22.2 Å². The largest absolute Gasteiger partial charge is 0.481 e. The van der Waals surface area contributed by atoms with Crippen LogP contribution in [0.25, 0.3) is 32.0 Å². The minimum absolute atomic E-state index is 0.0560. The van der Waals surface area contributed by atoms with E-state index in [0.717, 1.165) is 75.1 Å². The maximum Gasteiger partial charge on any atom is 0.307 e. The molecule has 0 radical (unpaired) electrons. The third-order valence-corrected chi connectivity index (χ3v) is 7.09. The van der Waals surface area contributed by atoms with Gasteiger partial charge >= 0.3 is 5.97 Å². The van der Waals surface area contributed by atoms with Gasteiger partial charge in [0.2, 0.25) is 5.95 Å². The molecule has 40 heavy (non-hydrogen) atoms. The van der Waals surface area contributed by atoms with Crippen LogP contribution in [0.4, 0.5) is 5.95 Å². The first-order chi connectivity index (χ1) is 18.9. The Labute approximate surface area is 245 Å². The van der Waals surface area contributed by atoms with Gasteiger partial charge < -0.3 is 20.4 Å². The van der Waals surface area contributed by atoms with Crippen molar-refractivity contribution >= 4 is 45.1 Å². The van der Waals surface area contributed by atoms with Crippen molar-refractivity contribution in [1.29, 1.82) is 0 Å². The molecule has 5 rings (SSSR count). The van der Waals surface area contributed by atoms with E-state index in [1.807, 2.05) is 57.4 Å². The number of fused-ring (bicyclic) bond motifs is 1. The van der Waals surface area contributed by atoms with Crippen LogP contribution in [0.1, 0.15) is 44.7 Å². The summed E-state index contributed by atoms with van der Waals surface area (Å²) in [5.41, 5.74) is 4.64. The Kier molecular flexibility index (Phi) is 11.0. The average Bonchev–Trinajstić information content (AvgIpc) is 3.55. The van der Waals surface area contributed by atoms with E-state index in [4.69, 9.17) is 26.7 Å². The summed E-state index contributed by atoms with van der Waals surface area (Å²) in [6.45, 7) is 9.11. The fraction of sp³-hybridized carbons (Fsp3) is 0.400. The molecular formula is C30H38ClN5O3S. The molecule has 8 nitrogen and oxygen atoms in total. The molecule has 3 heterocycles. The number of benzene rings is 2. The van der Waals surface area contributed by atoms with Gasteiger partial charge in [0, 0.05) is 29.9 Å². The van der Waals surface area contributed by atoms with Crippen LogP contribution in [0, 0.1) is 6.92 Å². The second kappa shape index (κ2) is 14.0. The predicted octanol–water partition coefficient (Wildman–Crippen LogP) is 6.22. The van der Waals surface area contributed by atoms with E-state index in [2.05, 4.69) is 15.2 Å². The van der Waals surface area contributed by atoms with Crippen LogP contribution in [0.2, 0.25) is 5.02 Å². The van der Waals surface area contributed by atoms with Crippen LogP contribution in [0.3, 0.4) is 0 Å². The van der Waals surface area contributed by atoms with Crippen LogP contribution in [-0.2, 0) is 11.2 Å². The van der Waals surface area contributed by atoms with Crippen molar-refractivity contribution in [3.05, 3.63) is 58.7 Å². The first kappa shape index (κ1) is 31.4. The molecule has 1 saturated heterocycles. The number of hydrogen-bond donors (Lipinski definition) is 3. The topological polar surface area (TPSA) is 111 Å². The van der Waals surface area contributed by atoms with Crippen LogP contribution in [-0.4, -0.2) is 63.9 Å². The van der Waals surface area contributed by atoms with Gasteiger partial charge in [0.1, 0.15) is 10.7 Å². The van der Waals surface area contributed by atoms with E-state index >= 15 is 0 Å². The molecular weight excluding hydrogens is 546 g/mol. The van der Waals surface area contributed by atoms with E-state index in [1.54, 1.807) is 27.0 Å². The average molecular weight is 584 g/mol. The molecule has 0 bridgehead atoms. The number of halogens is 1. The molecule has 0 atom stereocenters. The number of hydrogen-bond acceptors (Lipinski definition) is 8. The van der Waals surface area contributed by atoms with E-state index in [-0.39, 0.29) is 6.42 Å².